The van der Waals surface area contributed by atoms with E-state index >= 15 is 0 Å². The van der Waals surface area contributed by atoms with Gasteiger partial charge in [0.1, 0.15) is 11.2 Å². The second-order valence-electron chi connectivity index (χ2n) is 8.00. The van der Waals surface area contributed by atoms with E-state index in [1.807, 2.05) is 121 Å². The number of para-hydroxylation sites is 7. The highest BCUT2D eigenvalue weighted by molar-refractivity contribution is 5.76. The maximum absolute atomic E-state index is 5.90. The van der Waals surface area contributed by atoms with Crippen LogP contribution >= 0.6 is 0 Å². The number of fused-ring (bicyclic) bond motifs is 4. The fourth-order valence-corrected chi connectivity index (χ4v) is 3.86. The van der Waals surface area contributed by atoms with Gasteiger partial charge in [0.05, 0.1) is 22.4 Å². The van der Waals surface area contributed by atoms with Gasteiger partial charge in [-0.05, 0) is 60.7 Å². The summed E-state index contributed by atoms with van der Waals surface area (Å²) in [6.45, 7) is 0. The number of ether oxygens (including phenoxy) is 1. The molecule has 0 saturated heterocycles. The maximum atomic E-state index is 5.90. The summed E-state index contributed by atoms with van der Waals surface area (Å²) in [5.41, 5.74) is 5.43. The minimum absolute atomic E-state index is 0.742. The Kier molecular flexibility index (Phi) is 5.41. The third kappa shape index (κ3) is 4.48. The first-order valence-electron chi connectivity index (χ1n) is 11.3. The Balaban J connectivity index is 0.000000141. The summed E-state index contributed by atoms with van der Waals surface area (Å²) in [6.07, 6.45) is 0. The number of hydrogen-bond acceptors (Lipinski definition) is 5. The third-order valence-corrected chi connectivity index (χ3v) is 5.55. The fourth-order valence-electron chi connectivity index (χ4n) is 3.86. The smallest absolute Gasteiger partial charge is 0.155 e. The van der Waals surface area contributed by atoms with Crippen LogP contribution in [0.4, 0.5) is 17.1 Å². The number of rotatable bonds is 1. The van der Waals surface area contributed by atoms with E-state index in [4.69, 9.17) is 9.15 Å². The summed E-state index contributed by atoms with van der Waals surface area (Å²) in [4.78, 5) is 9.17. The Bertz CT molecular complexity index is 1570. The van der Waals surface area contributed by atoms with Gasteiger partial charge in [-0.2, -0.15) is 0 Å². The molecule has 4 aromatic carbocycles. The standard InChI is InChI=1S/C18H12N2O.C12H9NO/c1-2-6-13(7-3-1)19-14-10-11-16-18(12-14)21-17-9-5-4-8-15(17)20-16;1-3-7-11-9(5-1)13-10-6-2-4-8-12(10)14-11/h1-12H;1-8,13H. The first kappa shape index (κ1) is 20.7. The van der Waals surface area contributed by atoms with Crippen LogP contribution in [0.5, 0.6) is 11.5 Å². The predicted octanol–water partition coefficient (Wildman–Crippen LogP) is 7.70. The van der Waals surface area contributed by atoms with E-state index < -0.39 is 0 Å². The molecule has 5 heteroatoms. The highest BCUT2D eigenvalue weighted by Gasteiger charge is 2.14. The highest BCUT2D eigenvalue weighted by Crippen LogP contribution is 2.41. The van der Waals surface area contributed by atoms with Crippen molar-refractivity contribution >= 4 is 28.2 Å². The van der Waals surface area contributed by atoms with Crippen molar-refractivity contribution < 1.29 is 9.15 Å². The molecule has 0 aromatic heterocycles. The molecule has 3 aliphatic rings. The molecule has 168 valence electrons. The van der Waals surface area contributed by atoms with Crippen molar-refractivity contribution in [2.75, 3.05) is 5.32 Å². The molecule has 1 aliphatic carbocycles. The predicted molar refractivity (Wildman–Crippen MR) is 139 cm³/mol. The molecule has 1 N–H and O–H groups in total. The first-order chi connectivity index (χ1) is 17.3. The molecule has 5 nitrogen and oxygen atoms in total. The SMILES string of the molecule is c1ccc(N=c2ccc3nc4ccccc4oc-3c2)cc1.c1ccc2c(c1)Nc1ccccc1O2. The Morgan fingerprint density at radius 1 is 0.629 bits per heavy atom. The van der Waals surface area contributed by atoms with Gasteiger partial charge in [-0.25, -0.2) is 9.98 Å². The molecule has 2 heterocycles. The lowest BCUT2D eigenvalue weighted by Crippen LogP contribution is -2.01. The molecule has 0 spiro atoms. The van der Waals surface area contributed by atoms with E-state index in [9.17, 15) is 0 Å². The minimum atomic E-state index is 0.742. The molecule has 0 saturated carbocycles. The number of nitrogens with one attached hydrogen (secondary N) is 1. The van der Waals surface area contributed by atoms with Crippen molar-refractivity contribution in [2.45, 2.75) is 0 Å². The van der Waals surface area contributed by atoms with Crippen LogP contribution in [0.2, 0.25) is 0 Å². The molecule has 4 aromatic rings. The lowest BCUT2D eigenvalue weighted by molar-refractivity contribution is 0.481. The summed E-state index contributed by atoms with van der Waals surface area (Å²) in [7, 11) is 0. The van der Waals surface area contributed by atoms with Crippen LogP contribution in [0.25, 0.3) is 22.6 Å². The van der Waals surface area contributed by atoms with Crippen LogP contribution in [0.3, 0.4) is 0 Å². The van der Waals surface area contributed by atoms with Crippen LogP contribution < -0.4 is 15.4 Å². The van der Waals surface area contributed by atoms with Gasteiger partial charge in [0.25, 0.3) is 0 Å². The number of anilines is 2. The third-order valence-electron chi connectivity index (χ3n) is 5.55. The van der Waals surface area contributed by atoms with Crippen molar-refractivity contribution in [1.29, 1.82) is 0 Å². The van der Waals surface area contributed by atoms with Crippen molar-refractivity contribution in [2.24, 2.45) is 4.99 Å². The molecule has 0 atom stereocenters. The van der Waals surface area contributed by atoms with E-state index in [-0.39, 0.29) is 0 Å². The molecule has 35 heavy (non-hydrogen) atoms. The molecule has 2 aliphatic heterocycles. The van der Waals surface area contributed by atoms with Crippen molar-refractivity contribution in [3.05, 3.63) is 127 Å². The fraction of sp³-hybridized carbons (Fsp3) is 0. The van der Waals surface area contributed by atoms with E-state index in [1.54, 1.807) is 0 Å². The van der Waals surface area contributed by atoms with Crippen LogP contribution in [0.1, 0.15) is 0 Å². The molecule has 7 rings (SSSR count). The number of nitrogens with zero attached hydrogens (tertiary/aromatic N) is 2. The molecule has 0 unspecified atom stereocenters. The van der Waals surface area contributed by atoms with E-state index in [0.717, 1.165) is 56.5 Å². The van der Waals surface area contributed by atoms with Gasteiger partial charge in [-0.1, -0.05) is 54.6 Å². The topological polar surface area (TPSA) is 59.7 Å². The summed E-state index contributed by atoms with van der Waals surface area (Å²) in [6, 6.07) is 39.3. The first-order valence-corrected chi connectivity index (χ1v) is 11.3. The van der Waals surface area contributed by atoms with Crippen molar-refractivity contribution in [3.8, 4) is 23.0 Å². The zero-order valence-corrected chi connectivity index (χ0v) is 18.8. The Hall–Kier alpha value is -4.90. The molecular weight excluding hydrogens is 434 g/mol. The Labute approximate surface area is 202 Å². The number of hydrogen-bond donors (Lipinski definition) is 1. The van der Waals surface area contributed by atoms with E-state index in [2.05, 4.69) is 15.3 Å². The monoisotopic (exact) mass is 455 g/mol. The average molecular weight is 456 g/mol. The van der Waals surface area contributed by atoms with Crippen LogP contribution in [-0.4, -0.2) is 4.98 Å². The average Bonchev–Trinajstić information content (AvgIpc) is 2.91. The van der Waals surface area contributed by atoms with E-state index in [0.29, 0.717) is 0 Å². The normalized spacial score (nSPS) is 12.1. The van der Waals surface area contributed by atoms with Gasteiger partial charge in [0.2, 0.25) is 0 Å². The molecular formula is C30H21N3O2. The Morgan fingerprint density at radius 2 is 1.29 bits per heavy atom. The van der Waals surface area contributed by atoms with Gasteiger partial charge < -0.3 is 14.5 Å². The van der Waals surface area contributed by atoms with Gasteiger partial charge in [0, 0.05) is 6.07 Å². The molecule has 0 bridgehead atoms. The van der Waals surface area contributed by atoms with Gasteiger partial charge >= 0.3 is 0 Å². The Morgan fingerprint density at radius 3 is 2.06 bits per heavy atom. The van der Waals surface area contributed by atoms with Gasteiger partial charge in [-0.3, -0.25) is 0 Å². The van der Waals surface area contributed by atoms with E-state index in [1.165, 1.54) is 0 Å². The second kappa shape index (κ2) is 9.15. The van der Waals surface area contributed by atoms with Crippen molar-refractivity contribution in [3.63, 3.8) is 0 Å². The summed E-state index contributed by atoms with van der Waals surface area (Å²) in [5.74, 6) is 2.50. The number of aromatic nitrogens is 1. The van der Waals surface area contributed by atoms with Gasteiger partial charge in [-0.15, -0.1) is 0 Å². The summed E-state index contributed by atoms with van der Waals surface area (Å²) in [5, 5.41) is 4.17. The quantitative estimate of drug-likeness (QED) is 0.258. The molecule has 0 amide bonds. The largest absolute Gasteiger partial charge is 0.453 e. The van der Waals surface area contributed by atoms with Crippen LogP contribution in [-0.2, 0) is 0 Å². The highest BCUT2D eigenvalue weighted by atomic mass is 16.5. The maximum Gasteiger partial charge on any atom is 0.155 e. The zero-order valence-electron chi connectivity index (χ0n) is 18.8. The van der Waals surface area contributed by atoms with Crippen LogP contribution in [0.15, 0.2) is 131 Å². The van der Waals surface area contributed by atoms with Crippen LogP contribution in [0, 0.1) is 0 Å². The van der Waals surface area contributed by atoms with Crippen molar-refractivity contribution in [1.82, 2.24) is 4.98 Å². The second-order valence-corrected chi connectivity index (χ2v) is 8.00. The molecule has 0 fully saturated rings. The lowest BCUT2D eigenvalue weighted by atomic mass is 10.2. The lowest BCUT2D eigenvalue weighted by Gasteiger charge is -2.20. The molecule has 0 radical (unpaired) electrons. The summed E-state index contributed by atoms with van der Waals surface area (Å²) >= 11 is 0. The number of benzene rings is 5. The minimum Gasteiger partial charge on any atom is -0.453 e. The zero-order chi connectivity index (χ0) is 23.5. The summed E-state index contributed by atoms with van der Waals surface area (Å²) < 4.78 is 11.6. The van der Waals surface area contributed by atoms with Gasteiger partial charge in [0.15, 0.2) is 22.8 Å².